The summed E-state index contributed by atoms with van der Waals surface area (Å²) in [6, 6.07) is 5.68. The number of benzene rings is 1. The van der Waals surface area contributed by atoms with Crippen LogP contribution in [0.4, 0.5) is 10.1 Å². The molecule has 1 amide bonds. The van der Waals surface area contributed by atoms with Gasteiger partial charge < -0.3 is 5.32 Å². The van der Waals surface area contributed by atoms with Gasteiger partial charge in [-0.05, 0) is 40.2 Å². The number of rotatable bonds is 2. The molecule has 0 spiro atoms. The molecule has 0 aliphatic heterocycles. The van der Waals surface area contributed by atoms with E-state index in [1.807, 2.05) is 0 Å². The summed E-state index contributed by atoms with van der Waals surface area (Å²) in [5.41, 5.74) is 0.716. The highest BCUT2D eigenvalue weighted by molar-refractivity contribution is 9.10. The van der Waals surface area contributed by atoms with Gasteiger partial charge in [0, 0.05) is 17.4 Å². The standard InChI is InChI=1S/C12H6BrCl2FN2O/c13-10-3-6(1-2-17-10)12(19)18-7-4-8(14)11(16)9(15)5-7/h1-5H,(H,18,19). The molecule has 1 heterocycles. The molecule has 7 heteroatoms. The lowest BCUT2D eigenvalue weighted by Crippen LogP contribution is -2.12. The SMILES string of the molecule is O=C(Nc1cc(Cl)c(F)c(Cl)c1)c1ccnc(Br)c1. The smallest absolute Gasteiger partial charge is 0.255 e. The molecule has 0 aliphatic rings. The Morgan fingerprint density at radius 2 is 1.89 bits per heavy atom. The van der Waals surface area contributed by atoms with E-state index in [4.69, 9.17) is 23.2 Å². The first-order valence-electron chi connectivity index (χ1n) is 5.05. The zero-order valence-electron chi connectivity index (χ0n) is 9.25. The van der Waals surface area contributed by atoms with E-state index in [1.165, 1.54) is 18.3 Å². The van der Waals surface area contributed by atoms with Crippen molar-refractivity contribution in [1.29, 1.82) is 0 Å². The lowest BCUT2D eigenvalue weighted by Gasteiger charge is -2.07. The van der Waals surface area contributed by atoms with E-state index < -0.39 is 5.82 Å². The lowest BCUT2D eigenvalue weighted by atomic mass is 10.2. The fourth-order valence-corrected chi connectivity index (χ4v) is 2.23. The lowest BCUT2D eigenvalue weighted by molar-refractivity contribution is 0.102. The fourth-order valence-electron chi connectivity index (χ4n) is 1.37. The van der Waals surface area contributed by atoms with Crippen LogP contribution in [0.5, 0.6) is 0 Å². The molecule has 1 N–H and O–H groups in total. The largest absolute Gasteiger partial charge is 0.322 e. The van der Waals surface area contributed by atoms with E-state index >= 15 is 0 Å². The first kappa shape index (κ1) is 14.2. The fraction of sp³-hybridized carbons (Fsp3) is 0. The van der Waals surface area contributed by atoms with Gasteiger partial charge in [0.1, 0.15) is 4.60 Å². The molecular weight excluding hydrogens is 358 g/mol. The molecule has 0 saturated heterocycles. The summed E-state index contributed by atoms with van der Waals surface area (Å²) in [6.07, 6.45) is 1.49. The van der Waals surface area contributed by atoms with Crippen molar-refractivity contribution in [2.45, 2.75) is 0 Å². The summed E-state index contributed by atoms with van der Waals surface area (Å²) in [4.78, 5) is 15.8. The number of carbonyl (C=O) groups is 1. The average Bonchev–Trinajstić information content (AvgIpc) is 2.36. The number of nitrogens with one attached hydrogen (secondary N) is 1. The molecule has 0 atom stereocenters. The molecule has 98 valence electrons. The molecule has 19 heavy (non-hydrogen) atoms. The van der Waals surface area contributed by atoms with Crippen molar-refractivity contribution < 1.29 is 9.18 Å². The van der Waals surface area contributed by atoms with E-state index in [0.717, 1.165) is 0 Å². The summed E-state index contributed by atoms with van der Waals surface area (Å²) in [5.74, 6) is -1.09. The van der Waals surface area contributed by atoms with Gasteiger partial charge in [-0.25, -0.2) is 9.37 Å². The molecular formula is C12H6BrCl2FN2O. The van der Waals surface area contributed by atoms with Crippen LogP contribution < -0.4 is 5.32 Å². The Morgan fingerprint density at radius 3 is 2.47 bits per heavy atom. The van der Waals surface area contributed by atoms with Gasteiger partial charge in [0.25, 0.3) is 5.91 Å². The summed E-state index contributed by atoms with van der Waals surface area (Å²) < 4.78 is 13.8. The minimum absolute atomic E-state index is 0.154. The third kappa shape index (κ3) is 3.43. The van der Waals surface area contributed by atoms with Gasteiger partial charge in [-0.3, -0.25) is 4.79 Å². The second kappa shape index (κ2) is 5.86. The Hall–Kier alpha value is -1.17. The second-order valence-electron chi connectivity index (χ2n) is 3.58. The van der Waals surface area contributed by atoms with Crippen LogP contribution in [0, 0.1) is 5.82 Å². The highest BCUT2D eigenvalue weighted by Gasteiger charge is 2.11. The predicted octanol–water partition coefficient (Wildman–Crippen LogP) is 4.54. The number of carbonyl (C=O) groups excluding carboxylic acids is 1. The van der Waals surface area contributed by atoms with Gasteiger partial charge in [-0.15, -0.1) is 0 Å². The van der Waals surface area contributed by atoms with E-state index in [9.17, 15) is 9.18 Å². The molecule has 0 saturated carbocycles. The molecule has 2 rings (SSSR count). The number of hydrogen-bond acceptors (Lipinski definition) is 2. The first-order valence-corrected chi connectivity index (χ1v) is 6.59. The summed E-state index contributed by atoms with van der Waals surface area (Å²) in [6.45, 7) is 0. The van der Waals surface area contributed by atoms with Gasteiger partial charge >= 0.3 is 0 Å². The van der Waals surface area contributed by atoms with Crippen molar-refractivity contribution in [3.8, 4) is 0 Å². The van der Waals surface area contributed by atoms with Gasteiger partial charge in [0.15, 0.2) is 5.82 Å². The molecule has 0 bridgehead atoms. The molecule has 0 unspecified atom stereocenters. The topological polar surface area (TPSA) is 42.0 Å². The maximum atomic E-state index is 13.2. The average molecular weight is 364 g/mol. The molecule has 3 nitrogen and oxygen atoms in total. The van der Waals surface area contributed by atoms with Crippen molar-refractivity contribution in [1.82, 2.24) is 4.98 Å². The van der Waals surface area contributed by atoms with Crippen LogP contribution in [-0.2, 0) is 0 Å². The number of nitrogens with zero attached hydrogens (tertiary/aromatic N) is 1. The van der Waals surface area contributed by atoms with E-state index in [2.05, 4.69) is 26.2 Å². The zero-order chi connectivity index (χ0) is 14.0. The van der Waals surface area contributed by atoms with Crippen LogP contribution in [0.25, 0.3) is 0 Å². The minimum Gasteiger partial charge on any atom is -0.322 e. The van der Waals surface area contributed by atoms with Crippen LogP contribution >= 0.6 is 39.1 Å². The third-order valence-electron chi connectivity index (χ3n) is 2.23. The predicted molar refractivity (Wildman–Crippen MR) is 76.3 cm³/mol. The molecule has 0 aliphatic carbocycles. The number of pyridine rings is 1. The van der Waals surface area contributed by atoms with E-state index in [1.54, 1.807) is 12.1 Å². The van der Waals surface area contributed by atoms with Crippen molar-refractivity contribution in [2.24, 2.45) is 0 Å². The molecule has 1 aromatic carbocycles. The van der Waals surface area contributed by atoms with E-state index in [0.29, 0.717) is 15.9 Å². The Morgan fingerprint density at radius 1 is 1.26 bits per heavy atom. The van der Waals surface area contributed by atoms with Crippen LogP contribution in [0.3, 0.4) is 0 Å². The van der Waals surface area contributed by atoms with Gasteiger partial charge in [0.05, 0.1) is 10.0 Å². The third-order valence-corrected chi connectivity index (χ3v) is 3.21. The minimum atomic E-state index is -0.715. The zero-order valence-corrected chi connectivity index (χ0v) is 12.4. The van der Waals surface area contributed by atoms with Gasteiger partial charge in [-0.1, -0.05) is 23.2 Å². The van der Waals surface area contributed by atoms with Crippen molar-refractivity contribution in [2.75, 3.05) is 5.32 Å². The number of hydrogen-bond donors (Lipinski definition) is 1. The number of anilines is 1. The monoisotopic (exact) mass is 362 g/mol. The molecule has 0 fully saturated rings. The van der Waals surface area contributed by atoms with Crippen LogP contribution in [0.2, 0.25) is 10.0 Å². The Bertz CT molecular complexity index is 628. The Labute approximate surface area is 126 Å². The highest BCUT2D eigenvalue weighted by atomic mass is 79.9. The van der Waals surface area contributed by atoms with Gasteiger partial charge in [-0.2, -0.15) is 0 Å². The Kier molecular flexibility index (Phi) is 4.39. The maximum absolute atomic E-state index is 13.2. The summed E-state index contributed by atoms with van der Waals surface area (Å²) >= 11 is 14.5. The Balaban J connectivity index is 2.24. The summed E-state index contributed by atoms with van der Waals surface area (Å²) in [5, 5.41) is 2.26. The molecule has 2 aromatic rings. The highest BCUT2D eigenvalue weighted by Crippen LogP contribution is 2.27. The molecule has 0 radical (unpaired) electrons. The van der Waals surface area contributed by atoms with E-state index in [-0.39, 0.29) is 16.0 Å². The normalized spacial score (nSPS) is 10.3. The van der Waals surface area contributed by atoms with Crippen LogP contribution in [0.1, 0.15) is 10.4 Å². The van der Waals surface area contributed by atoms with Crippen LogP contribution in [-0.4, -0.2) is 10.9 Å². The number of amides is 1. The van der Waals surface area contributed by atoms with Crippen LogP contribution in [0.15, 0.2) is 35.1 Å². The number of aromatic nitrogens is 1. The second-order valence-corrected chi connectivity index (χ2v) is 5.20. The quantitative estimate of drug-likeness (QED) is 0.628. The van der Waals surface area contributed by atoms with Crippen molar-refractivity contribution in [3.05, 3.63) is 56.5 Å². The number of halogens is 4. The molecule has 1 aromatic heterocycles. The summed E-state index contributed by atoms with van der Waals surface area (Å²) in [7, 11) is 0. The van der Waals surface area contributed by atoms with Crippen molar-refractivity contribution >= 4 is 50.7 Å². The van der Waals surface area contributed by atoms with Crippen molar-refractivity contribution in [3.63, 3.8) is 0 Å². The van der Waals surface area contributed by atoms with Gasteiger partial charge in [0.2, 0.25) is 0 Å². The first-order chi connectivity index (χ1) is 8.97. The maximum Gasteiger partial charge on any atom is 0.255 e.